The van der Waals surface area contributed by atoms with Crippen molar-refractivity contribution in [3.63, 3.8) is 0 Å². The molecule has 0 saturated carbocycles. The van der Waals surface area contributed by atoms with Crippen molar-refractivity contribution in [2.75, 3.05) is 32.9 Å². The molecule has 0 spiro atoms. The van der Waals surface area contributed by atoms with Crippen LogP contribution in [0.15, 0.2) is 24.3 Å². The number of morpholine rings is 1. The van der Waals surface area contributed by atoms with Crippen LogP contribution >= 0.6 is 0 Å². The standard InChI is InChI=1S/C18H23NO9/c20-9-12-14(22)15(23)16(24)18(28-12)27-11-3-1-10(2-4-11)13(21)17(25)19-5-7-26-8-6-19/h1-4,12,14-16,18,20,22-24H,5-9H2/t12-,14-,15+,16+,18+/m1/s1. The Morgan fingerprint density at radius 2 is 1.68 bits per heavy atom. The maximum Gasteiger partial charge on any atom is 0.295 e. The number of hydrogen-bond acceptors (Lipinski definition) is 9. The first-order chi connectivity index (χ1) is 13.4. The van der Waals surface area contributed by atoms with E-state index in [-0.39, 0.29) is 11.3 Å². The van der Waals surface area contributed by atoms with E-state index in [1.807, 2.05) is 0 Å². The molecule has 2 saturated heterocycles. The molecule has 1 aromatic rings. The van der Waals surface area contributed by atoms with Crippen LogP contribution in [0.3, 0.4) is 0 Å². The minimum Gasteiger partial charge on any atom is -0.462 e. The summed E-state index contributed by atoms with van der Waals surface area (Å²) < 4.78 is 15.9. The van der Waals surface area contributed by atoms with Crippen LogP contribution in [0.1, 0.15) is 10.4 Å². The van der Waals surface area contributed by atoms with Gasteiger partial charge in [0.25, 0.3) is 5.91 Å². The Morgan fingerprint density at radius 3 is 2.29 bits per heavy atom. The van der Waals surface area contributed by atoms with E-state index in [2.05, 4.69) is 0 Å². The molecule has 5 atom stereocenters. The Morgan fingerprint density at radius 1 is 1.04 bits per heavy atom. The van der Waals surface area contributed by atoms with Crippen LogP contribution in [0.2, 0.25) is 0 Å². The summed E-state index contributed by atoms with van der Waals surface area (Å²) in [5.74, 6) is -1.05. The summed E-state index contributed by atoms with van der Waals surface area (Å²) in [5.41, 5.74) is 0.178. The number of ether oxygens (including phenoxy) is 3. The Labute approximate surface area is 160 Å². The van der Waals surface area contributed by atoms with Crippen molar-refractivity contribution in [1.29, 1.82) is 0 Å². The third-order valence-corrected chi connectivity index (χ3v) is 4.71. The number of aliphatic hydroxyl groups is 4. The number of ketones is 1. The van der Waals surface area contributed by atoms with E-state index >= 15 is 0 Å². The molecule has 28 heavy (non-hydrogen) atoms. The molecule has 2 aliphatic rings. The van der Waals surface area contributed by atoms with Gasteiger partial charge in [-0.15, -0.1) is 0 Å². The number of rotatable bonds is 5. The van der Waals surface area contributed by atoms with Crippen LogP contribution in [0.25, 0.3) is 0 Å². The molecule has 154 valence electrons. The predicted octanol–water partition coefficient (Wildman–Crippen LogP) is -2.09. The van der Waals surface area contributed by atoms with E-state index in [1.54, 1.807) is 0 Å². The van der Waals surface area contributed by atoms with Gasteiger partial charge in [-0.2, -0.15) is 0 Å². The zero-order valence-electron chi connectivity index (χ0n) is 15.0. The third-order valence-electron chi connectivity index (χ3n) is 4.71. The smallest absolute Gasteiger partial charge is 0.295 e. The van der Waals surface area contributed by atoms with E-state index in [0.717, 1.165) is 0 Å². The Kier molecular flexibility index (Phi) is 6.60. The fourth-order valence-corrected chi connectivity index (χ4v) is 3.02. The number of carbonyl (C=O) groups excluding carboxylic acids is 2. The molecule has 0 unspecified atom stereocenters. The second-order valence-electron chi connectivity index (χ2n) is 6.57. The number of nitrogens with zero attached hydrogens (tertiary/aromatic N) is 1. The molecule has 4 N–H and O–H groups in total. The van der Waals surface area contributed by atoms with E-state index in [4.69, 9.17) is 14.2 Å². The summed E-state index contributed by atoms with van der Waals surface area (Å²) in [4.78, 5) is 26.0. The molecule has 2 aliphatic heterocycles. The molecular formula is C18H23NO9. The van der Waals surface area contributed by atoms with Gasteiger partial charge in [-0.3, -0.25) is 9.59 Å². The topological polar surface area (TPSA) is 146 Å². The van der Waals surface area contributed by atoms with Crippen molar-refractivity contribution >= 4 is 11.7 Å². The zero-order valence-corrected chi connectivity index (χ0v) is 15.0. The summed E-state index contributed by atoms with van der Waals surface area (Å²) in [5, 5.41) is 38.7. The average molecular weight is 397 g/mol. The Bertz CT molecular complexity index is 687. The molecule has 0 bridgehead atoms. The Balaban J connectivity index is 1.64. The fraction of sp³-hybridized carbons (Fsp3) is 0.556. The van der Waals surface area contributed by atoms with Crippen LogP contribution in [0.5, 0.6) is 5.75 Å². The second kappa shape index (κ2) is 8.95. The average Bonchev–Trinajstić information content (AvgIpc) is 2.74. The summed E-state index contributed by atoms with van der Waals surface area (Å²) in [6.07, 6.45) is -6.99. The van der Waals surface area contributed by atoms with Crippen molar-refractivity contribution < 1.29 is 44.2 Å². The minimum atomic E-state index is -1.55. The molecular weight excluding hydrogens is 374 g/mol. The summed E-state index contributed by atoms with van der Waals surface area (Å²) in [6.45, 7) is 0.948. The van der Waals surface area contributed by atoms with Gasteiger partial charge < -0.3 is 39.5 Å². The molecule has 1 amide bonds. The van der Waals surface area contributed by atoms with E-state index in [1.165, 1.54) is 29.2 Å². The van der Waals surface area contributed by atoms with Gasteiger partial charge >= 0.3 is 0 Å². The highest BCUT2D eigenvalue weighted by molar-refractivity contribution is 6.42. The van der Waals surface area contributed by atoms with Gasteiger partial charge in [0.15, 0.2) is 0 Å². The quantitative estimate of drug-likeness (QED) is 0.324. The van der Waals surface area contributed by atoms with Gasteiger partial charge in [0.1, 0.15) is 30.2 Å². The maximum absolute atomic E-state index is 12.3. The zero-order chi connectivity index (χ0) is 20.3. The summed E-state index contributed by atoms with van der Waals surface area (Å²) >= 11 is 0. The van der Waals surface area contributed by atoms with Crippen molar-refractivity contribution in [3.05, 3.63) is 29.8 Å². The van der Waals surface area contributed by atoms with Crippen LogP contribution in [0, 0.1) is 0 Å². The van der Waals surface area contributed by atoms with Crippen molar-refractivity contribution in [2.45, 2.75) is 30.7 Å². The highest BCUT2D eigenvalue weighted by Gasteiger charge is 2.44. The first kappa shape index (κ1) is 20.6. The number of amides is 1. The molecule has 0 aliphatic carbocycles. The van der Waals surface area contributed by atoms with Crippen LogP contribution in [-0.4, -0.2) is 101 Å². The Hall–Kier alpha value is -2.08. The lowest BCUT2D eigenvalue weighted by atomic mass is 9.99. The molecule has 0 radical (unpaired) electrons. The first-order valence-electron chi connectivity index (χ1n) is 8.91. The van der Waals surface area contributed by atoms with Crippen molar-refractivity contribution in [3.8, 4) is 5.75 Å². The largest absolute Gasteiger partial charge is 0.462 e. The molecule has 10 nitrogen and oxygen atoms in total. The molecule has 2 heterocycles. The summed E-state index contributed by atoms with van der Waals surface area (Å²) in [7, 11) is 0. The van der Waals surface area contributed by atoms with Gasteiger partial charge in [-0.1, -0.05) is 0 Å². The predicted molar refractivity (Wildman–Crippen MR) is 92.6 cm³/mol. The molecule has 2 fully saturated rings. The number of aliphatic hydroxyl groups excluding tert-OH is 4. The van der Waals surface area contributed by atoms with Gasteiger partial charge in [0.2, 0.25) is 12.1 Å². The SMILES string of the molecule is O=C(C(=O)N1CCOCC1)c1ccc(O[C@H]2O[C@H](CO)[C@@H](O)[C@H](O)[C@@H]2O)cc1. The number of benzene rings is 1. The molecule has 3 rings (SSSR count). The molecule has 0 aromatic heterocycles. The van der Waals surface area contributed by atoms with Gasteiger partial charge in [0.05, 0.1) is 19.8 Å². The van der Waals surface area contributed by atoms with E-state index in [0.29, 0.717) is 26.3 Å². The summed E-state index contributed by atoms with van der Waals surface area (Å²) in [6, 6.07) is 5.64. The monoisotopic (exact) mass is 397 g/mol. The third kappa shape index (κ3) is 4.32. The molecule has 1 aromatic carbocycles. The van der Waals surface area contributed by atoms with Gasteiger partial charge in [-0.25, -0.2) is 0 Å². The second-order valence-corrected chi connectivity index (χ2v) is 6.57. The lowest BCUT2D eigenvalue weighted by molar-refractivity contribution is -0.277. The van der Waals surface area contributed by atoms with E-state index in [9.17, 15) is 30.0 Å². The van der Waals surface area contributed by atoms with E-state index < -0.39 is 49.0 Å². The minimum absolute atomic E-state index is 0.178. The number of carbonyl (C=O) groups is 2. The first-order valence-corrected chi connectivity index (χ1v) is 8.91. The highest BCUT2D eigenvalue weighted by Crippen LogP contribution is 2.24. The maximum atomic E-state index is 12.3. The highest BCUT2D eigenvalue weighted by atomic mass is 16.7. The van der Waals surface area contributed by atoms with Gasteiger partial charge in [-0.05, 0) is 24.3 Å². The number of hydrogen-bond donors (Lipinski definition) is 4. The van der Waals surface area contributed by atoms with Crippen molar-refractivity contribution in [1.82, 2.24) is 4.90 Å². The number of Topliss-reactive ketones (excluding diaryl/α,β-unsaturated/α-hetero) is 1. The lowest BCUT2D eigenvalue weighted by Gasteiger charge is -2.39. The molecule has 10 heteroatoms. The van der Waals surface area contributed by atoms with Gasteiger partial charge in [0, 0.05) is 18.7 Å². The fourth-order valence-electron chi connectivity index (χ4n) is 3.02. The van der Waals surface area contributed by atoms with Crippen LogP contribution in [-0.2, 0) is 14.3 Å². The van der Waals surface area contributed by atoms with Crippen molar-refractivity contribution in [2.24, 2.45) is 0 Å². The van der Waals surface area contributed by atoms with Crippen LogP contribution in [0.4, 0.5) is 0 Å². The normalized spacial score (nSPS) is 30.7. The van der Waals surface area contributed by atoms with Crippen LogP contribution < -0.4 is 4.74 Å². The lowest BCUT2D eigenvalue weighted by Crippen LogP contribution is -2.60.